The zero-order valence-corrected chi connectivity index (χ0v) is 14.8. The minimum Gasteiger partial charge on any atom is -0.280 e. The molecule has 0 aromatic carbocycles. The van der Waals surface area contributed by atoms with Crippen molar-refractivity contribution in [2.75, 3.05) is 5.75 Å². The van der Waals surface area contributed by atoms with E-state index in [0.29, 0.717) is 27.9 Å². The largest absolute Gasteiger partial charge is 0.332 e. The maximum atomic E-state index is 12.6. The normalized spacial score (nSPS) is 14.8. The molecule has 1 saturated carbocycles. The predicted octanol–water partition coefficient (Wildman–Crippen LogP) is 2.04. The quantitative estimate of drug-likeness (QED) is 0.618. The molecule has 2 aromatic heterocycles. The van der Waals surface area contributed by atoms with E-state index in [9.17, 15) is 9.59 Å². The molecule has 0 N–H and O–H groups in total. The molecule has 7 heteroatoms. The molecular formula is C16H22N4O2S. The Hall–Kier alpha value is -1.63. The van der Waals surface area contributed by atoms with Gasteiger partial charge in [0.25, 0.3) is 5.56 Å². The number of thioether (sulfide) groups is 1. The van der Waals surface area contributed by atoms with Gasteiger partial charge in [-0.05, 0) is 30.9 Å². The smallest absolute Gasteiger partial charge is 0.280 e. The lowest BCUT2D eigenvalue weighted by Crippen LogP contribution is -2.37. The summed E-state index contributed by atoms with van der Waals surface area (Å²) in [6.45, 7) is 4.36. The standard InChI is InChI=1S/C16H22N4O2S/c1-9(2)7-8-23-14-11-13(17-12(18-14)10-5-6-10)19(3)16(22)20(4)15(11)21/h9-10H,5-8H2,1-4H3. The molecule has 0 unspecified atom stereocenters. The van der Waals surface area contributed by atoms with Crippen LogP contribution < -0.4 is 11.2 Å². The van der Waals surface area contributed by atoms with Crippen LogP contribution in [0.5, 0.6) is 0 Å². The van der Waals surface area contributed by atoms with Crippen molar-refractivity contribution < 1.29 is 0 Å². The third-order valence-corrected chi connectivity index (χ3v) is 5.17. The number of hydrogen-bond donors (Lipinski definition) is 0. The van der Waals surface area contributed by atoms with E-state index in [4.69, 9.17) is 0 Å². The molecule has 2 heterocycles. The van der Waals surface area contributed by atoms with Gasteiger partial charge in [0.1, 0.15) is 16.2 Å². The Labute approximate surface area is 139 Å². The van der Waals surface area contributed by atoms with Crippen molar-refractivity contribution in [3.05, 3.63) is 26.7 Å². The van der Waals surface area contributed by atoms with Crippen LogP contribution in [0.1, 0.15) is 44.9 Å². The number of hydrogen-bond acceptors (Lipinski definition) is 5. The second-order valence-electron chi connectivity index (χ2n) is 6.60. The van der Waals surface area contributed by atoms with Gasteiger partial charge in [-0.3, -0.25) is 13.9 Å². The molecular weight excluding hydrogens is 312 g/mol. The van der Waals surface area contributed by atoms with Crippen LogP contribution >= 0.6 is 11.8 Å². The lowest BCUT2D eigenvalue weighted by molar-refractivity contribution is 0.632. The topological polar surface area (TPSA) is 69.8 Å². The SMILES string of the molecule is CC(C)CCSc1nc(C2CC2)nc2c1c(=O)n(C)c(=O)n2C. The highest BCUT2D eigenvalue weighted by atomic mass is 32.2. The van der Waals surface area contributed by atoms with Crippen molar-refractivity contribution in [2.24, 2.45) is 20.0 Å². The van der Waals surface area contributed by atoms with Crippen LogP contribution in [0, 0.1) is 5.92 Å². The Morgan fingerprint density at radius 1 is 1.17 bits per heavy atom. The molecule has 1 aliphatic rings. The number of rotatable bonds is 5. The zero-order valence-electron chi connectivity index (χ0n) is 14.0. The summed E-state index contributed by atoms with van der Waals surface area (Å²) >= 11 is 1.60. The summed E-state index contributed by atoms with van der Waals surface area (Å²) in [5.41, 5.74) is -0.194. The maximum absolute atomic E-state index is 12.6. The highest BCUT2D eigenvalue weighted by Gasteiger charge is 2.29. The number of aryl methyl sites for hydroxylation is 1. The van der Waals surface area contributed by atoms with Gasteiger partial charge in [-0.2, -0.15) is 0 Å². The van der Waals surface area contributed by atoms with Gasteiger partial charge in [0.05, 0.1) is 0 Å². The number of aromatic nitrogens is 4. The molecule has 0 spiro atoms. The van der Waals surface area contributed by atoms with Crippen LogP contribution in [0.3, 0.4) is 0 Å². The van der Waals surface area contributed by atoms with Crippen molar-refractivity contribution in [2.45, 2.75) is 44.1 Å². The molecule has 3 rings (SSSR count). The molecule has 6 nitrogen and oxygen atoms in total. The van der Waals surface area contributed by atoms with Gasteiger partial charge < -0.3 is 0 Å². The molecule has 0 bridgehead atoms. The fraction of sp³-hybridized carbons (Fsp3) is 0.625. The highest BCUT2D eigenvalue weighted by molar-refractivity contribution is 7.99. The molecule has 0 amide bonds. The van der Waals surface area contributed by atoms with Gasteiger partial charge in [-0.25, -0.2) is 14.8 Å². The Bertz CT molecular complexity index is 865. The Morgan fingerprint density at radius 3 is 2.48 bits per heavy atom. The summed E-state index contributed by atoms with van der Waals surface area (Å²) in [5, 5.41) is 1.18. The number of fused-ring (bicyclic) bond motifs is 1. The van der Waals surface area contributed by atoms with Crippen molar-refractivity contribution in [1.82, 2.24) is 19.1 Å². The Balaban J connectivity index is 2.19. The van der Waals surface area contributed by atoms with E-state index < -0.39 is 0 Å². The van der Waals surface area contributed by atoms with Gasteiger partial charge in [-0.15, -0.1) is 11.8 Å². The molecule has 0 saturated heterocycles. The van der Waals surface area contributed by atoms with Crippen LogP contribution in [0.4, 0.5) is 0 Å². The molecule has 0 radical (unpaired) electrons. The van der Waals surface area contributed by atoms with Gasteiger partial charge in [0.15, 0.2) is 5.65 Å². The summed E-state index contributed by atoms with van der Waals surface area (Å²) in [5.74, 6) is 2.65. The third-order valence-electron chi connectivity index (χ3n) is 4.16. The van der Waals surface area contributed by atoms with Crippen molar-refractivity contribution in [3.63, 3.8) is 0 Å². The lowest BCUT2D eigenvalue weighted by Gasteiger charge is -2.12. The average molecular weight is 334 g/mol. The van der Waals surface area contributed by atoms with Crippen LogP contribution in [-0.2, 0) is 14.1 Å². The van der Waals surface area contributed by atoms with Gasteiger partial charge in [0, 0.05) is 20.0 Å². The summed E-state index contributed by atoms with van der Waals surface area (Å²) < 4.78 is 2.59. The maximum Gasteiger partial charge on any atom is 0.332 e. The second-order valence-corrected chi connectivity index (χ2v) is 7.68. The minimum atomic E-state index is -0.346. The molecule has 23 heavy (non-hydrogen) atoms. The van der Waals surface area contributed by atoms with Crippen molar-refractivity contribution in [1.29, 1.82) is 0 Å². The summed E-state index contributed by atoms with van der Waals surface area (Å²) in [6.07, 6.45) is 3.22. The molecule has 1 fully saturated rings. The Kier molecular flexibility index (Phi) is 4.31. The average Bonchev–Trinajstić information content (AvgIpc) is 3.34. The first-order valence-corrected chi connectivity index (χ1v) is 8.99. The van der Waals surface area contributed by atoms with Crippen LogP contribution in [0.2, 0.25) is 0 Å². The van der Waals surface area contributed by atoms with E-state index in [2.05, 4.69) is 23.8 Å². The molecule has 1 aliphatic carbocycles. The first-order valence-electron chi connectivity index (χ1n) is 8.00. The van der Waals surface area contributed by atoms with Crippen LogP contribution in [-0.4, -0.2) is 24.9 Å². The summed E-state index contributed by atoms with van der Waals surface area (Å²) in [6, 6.07) is 0. The van der Waals surface area contributed by atoms with E-state index in [1.165, 1.54) is 11.6 Å². The monoisotopic (exact) mass is 334 g/mol. The van der Waals surface area contributed by atoms with Crippen molar-refractivity contribution >= 4 is 22.8 Å². The molecule has 0 aliphatic heterocycles. The van der Waals surface area contributed by atoms with E-state index >= 15 is 0 Å². The zero-order chi connectivity index (χ0) is 16.7. The Morgan fingerprint density at radius 2 is 1.87 bits per heavy atom. The molecule has 0 atom stereocenters. The fourth-order valence-corrected chi connectivity index (χ4v) is 3.73. The van der Waals surface area contributed by atoms with Gasteiger partial charge >= 0.3 is 5.69 Å². The fourth-order valence-electron chi connectivity index (χ4n) is 2.46. The van der Waals surface area contributed by atoms with E-state index in [1.54, 1.807) is 18.8 Å². The lowest BCUT2D eigenvalue weighted by atomic mass is 10.2. The second kappa shape index (κ2) is 6.11. The first-order chi connectivity index (χ1) is 10.9. The number of nitrogens with zero attached hydrogens (tertiary/aromatic N) is 4. The van der Waals surface area contributed by atoms with E-state index in [-0.39, 0.29) is 11.2 Å². The highest BCUT2D eigenvalue weighted by Crippen LogP contribution is 2.39. The third kappa shape index (κ3) is 3.06. The van der Waals surface area contributed by atoms with Gasteiger partial charge in [-0.1, -0.05) is 13.8 Å². The first kappa shape index (κ1) is 16.2. The van der Waals surface area contributed by atoms with Crippen LogP contribution in [0.15, 0.2) is 14.6 Å². The summed E-state index contributed by atoms with van der Waals surface area (Å²) in [7, 11) is 3.16. The predicted molar refractivity (Wildman–Crippen MR) is 92.2 cm³/mol. The van der Waals surface area contributed by atoms with E-state index in [0.717, 1.165) is 35.4 Å². The van der Waals surface area contributed by atoms with Gasteiger partial charge in [0.2, 0.25) is 0 Å². The van der Waals surface area contributed by atoms with Crippen LogP contribution in [0.25, 0.3) is 11.0 Å². The molecule has 124 valence electrons. The minimum absolute atomic E-state index is 0.308. The summed E-state index contributed by atoms with van der Waals surface area (Å²) in [4.78, 5) is 33.9. The van der Waals surface area contributed by atoms with Crippen molar-refractivity contribution in [3.8, 4) is 0 Å². The van der Waals surface area contributed by atoms with E-state index in [1.807, 2.05) is 0 Å². The molecule has 2 aromatic rings.